The maximum Gasteiger partial charge on any atom is 0.223 e. The van der Waals surface area contributed by atoms with Crippen molar-refractivity contribution >= 4 is 21.8 Å². The van der Waals surface area contributed by atoms with Gasteiger partial charge in [-0.15, -0.1) is 0 Å². The third-order valence-corrected chi connectivity index (χ3v) is 2.27. The minimum atomic E-state index is 0.241. The third-order valence-electron chi connectivity index (χ3n) is 1.87. The Kier molecular flexibility index (Phi) is 3.19. The molecule has 0 radical (unpaired) electrons. The van der Waals surface area contributed by atoms with Crippen LogP contribution in [0, 0.1) is 5.92 Å². The minimum absolute atomic E-state index is 0.241. The molecule has 1 rings (SSSR count). The van der Waals surface area contributed by atoms with Gasteiger partial charge in [-0.05, 0) is 12.8 Å². The van der Waals surface area contributed by atoms with E-state index in [0.717, 1.165) is 24.7 Å². The van der Waals surface area contributed by atoms with Crippen molar-refractivity contribution in [2.45, 2.75) is 19.3 Å². The van der Waals surface area contributed by atoms with Crippen molar-refractivity contribution in [3.05, 3.63) is 0 Å². The van der Waals surface area contributed by atoms with Crippen LogP contribution in [0.3, 0.4) is 0 Å². The third kappa shape index (κ3) is 1.97. The highest BCUT2D eigenvalue weighted by Crippen LogP contribution is 2.25. The predicted octanol–water partition coefficient (Wildman–Crippen LogP) is 1.30. The van der Waals surface area contributed by atoms with Crippen LogP contribution < -0.4 is 5.32 Å². The van der Waals surface area contributed by atoms with E-state index in [1.165, 1.54) is 6.42 Å². The van der Waals surface area contributed by atoms with Crippen molar-refractivity contribution in [1.82, 2.24) is 5.32 Å². The summed E-state index contributed by atoms with van der Waals surface area (Å²) in [5.41, 5.74) is 0. The predicted molar refractivity (Wildman–Crippen MR) is 44.1 cm³/mol. The van der Waals surface area contributed by atoms with Gasteiger partial charge in [0.15, 0.2) is 0 Å². The van der Waals surface area contributed by atoms with E-state index in [0.29, 0.717) is 5.92 Å². The Morgan fingerprint density at radius 2 is 2.30 bits per heavy atom. The van der Waals surface area contributed by atoms with Gasteiger partial charge in [-0.3, -0.25) is 4.79 Å². The van der Waals surface area contributed by atoms with Crippen molar-refractivity contribution < 1.29 is 4.79 Å². The second kappa shape index (κ2) is 3.96. The van der Waals surface area contributed by atoms with Gasteiger partial charge in [-0.2, -0.15) is 0 Å². The summed E-state index contributed by atoms with van der Waals surface area (Å²) >= 11 is 3.25. The fraction of sp³-hybridized carbons (Fsp3) is 0.857. The van der Waals surface area contributed by atoms with E-state index >= 15 is 0 Å². The minimum Gasteiger partial charge on any atom is -0.355 e. The first kappa shape index (κ1) is 8.05. The molecular formula is C7H12BrNO. The lowest BCUT2D eigenvalue weighted by atomic mass is 9.85. The molecule has 58 valence electrons. The molecule has 0 aliphatic heterocycles. The normalized spacial score (nSPS) is 18.1. The van der Waals surface area contributed by atoms with E-state index in [-0.39, 0.29) is 5.91 Å². The lowest BCUT2D eigenvalue weighted by molar-refractivity contribution is -0.127. The standard InChI is InChI=1S/C7H12BrNO/c8-4-5-9-7(10)6-2-1-3-6/h6H,1-5H2,(H,9,10). The molecule has 0 saturated heterocycles. The van der Waals surface area contributed by atoms with Crippen LogP contribution in [-0.2, 0) is 4.79 Å². The van der Waals surface area contributed by atoms with E-state index < -0.39 is 0 Å². The lowest BCUT2D eigenvalue weighted by Gasteiger charge is -2.23. The maximum absolute atomic E-state index is 11.1. The molecular weight excluding hydrogens is 194 g/mol. The lowest BCUT2D eigenvalue weighted by Crippen LogP contribution is -2.35. The summed E-state index contributed by atoms with van der Waals surface area (Å²) in [4.78, 5) is 11.1. The molecule has 10 heavy (non-hydrogen) atoms. The van der Waals surface area contributed by atoms with Gasteiger partial charge in [0.2, 0.25) is 5.91 Å². The summed E-state index contributed by atoms with van der Waals surface area (Å²) in [5, 5.41) is 3.70. The highest BCUT2D eigenvalue weighted by Gasteiger charge is 2.24. The molecule has 3 heteroatoms. The molecule has 1 aliphatic carbocycles. The molecule has 1 N–H and O–H groups in total. The van der Waals surface area contributed by atoms with Gasteiger partial charge in [-0.1, -0.05) is 22.4 Å². The quantitative estimate of drug-likeness (QED) is 0.692. The summed E-state index contributed by atoms with van der Waals surface area (Å²) in [6, 6.07) is 0. The number of hydrogen-bond donors (Lipinski definition) is 1. The summed E-state index contributed by atoms with van der Waals surface area (Å²) in [5.74, 6) is 0.574. The van der Waals surface area contributed by atoms with Gasteiger partial charge >= 0.3 is 0 Å². The summed E-state index contributed by atoms with van der Waals surface area (Å²) in [6.07, 6.45) is 3.41. The molecule has 0 aromatic carbocycles. The Morgan fingerprint density at radius 1 is 1.60 bits per heavy atom. The zero-order valence-electron chi connectivity index (χ0n) is 5.90. The molecule has 0 atom stereocenters. The number of amides is 1. The van der Waals surface area contributed by atoms with Crippen LogP contribution in [-0.4, -0.2) is 17.8 Å². The van der Waals surface area contributed by atoms with E-state index in [1.807, 2.05) is 0 Å². The van der Waals surface area contributed by atoms with Crippen molar-refractivity contribution in [1.29, 1.82) is 0 Å². The number of alkyl halides is 1. The first-order valence-corrected chi connectivity index (χ1v) is 4.80. The van der Waals surface area contributed by atoms with Crippen molar-refractivity contribution in [2.75, 3.05) is 11.9 Å². The molecule has 1 amide bonds. The number of rotatable bonds is 3. The van der Waals surface area contributed by atoms with Crippen LogP contribution in [0.15, 0.2) is 0 Å². The summed E-state index contributed by atoms with van der Waals surface area (Å²) in [7, 11) is 0. The Morgan fingerprint density at radius 3 is 2.70 bits per heavy atom. The Hall–Kier alpha value is -0.0500. The zero-order chi connectivity index (χ0) is 7.40. The van der Waals surface area contributed by atoms with E-state index in [1.54, 1.807) is 0 Å². The van der Waals surface area contributed by atoms with Gasteiger partial charge in [0.1, 0.15) is 0 Å². The van der Waals surface area contributed by atoms with Crippen molar-refractivity contribution in [2.24, 2.45) is 5.92 Å². The van der Waals surface area contributed by atoms with Crippen LogP contribution in [0.1, 0.15) is 19.3 Å². The molecule has 2 nitrogen and oxygen atoms in total. The summed E-state index contributed by atoms with van der Waals surface area (Å²) < 4.78 is 0. The molecule has 0 bridgehead atoms. The second-order valence-electron chi connectivity index (χ2n) is 2.61. The van der Waals surface area contributed by atoms with Gasteiger partial charge in [0.05, 0.1) is 0 Å². The molecule has 1 saturated carbocycles. The molecule has 0 aromatic rings. The second-order valence-corrected chi connectivity index (χ2v) is 3.40. The van der Waals surface area contributed by atoms with Crippen LogP contribution in [0.25, 0.3) is 0 Å². The van der Waals surface area contributed by atoms with Gasteiger partial charge in [0, 0.05) is 17.8 Å². The van der Waals surface area contributed by atoms with Crippen LogP contribution in [0.4, 0.5) is 0 Å². The average molecular weight is 206 g/mol. The number of nitrogens with one attached hydrogen (secondary N) is 1. The first-order valence-electron chi connectivity index (χ1n) is 3.68. The highest BCUT2D eigenvalue weighted by molar-refractivity contribution is 9.09. The van der Waals surface area contributed by atoms with E-state index in [2.05, 4.69) is 21.2 Å². The van der Waals surface area contributed by atoms with Crippen molar-refractivity contribution in [3.63, 3.8) is 0 Å². The smallest absolute Gasteiger partial charge is 0.223 e. The number of halogens is 1. The molecule has 0 aromatic heterocycles. The zero-order valence-corrected chi connectivity index (χ0v) is 7.49. The van der Waals surface area contributed by atoms with Gasteiger partial charge in [-0.25, -0.2) is 0 Å². The topological polar surface area (TPSA) is 29.1 Å². The van der Waals surface area contributed by atoms with E-state index in [9.17, 15) is 4.79 Å². The number of hydrogen-bond acceptors (Lipinski definition) is 1. The van der Waals surface area contributed by atoms with Gasteiger partial charge in [0.25, 0.3) is 0 Å². The fourth-order valence-corrected chi connectivity index (χ4v) is 1.18. The number of carbonyl (C=O) groups is 1. The molecule has 0 heterocycles. The Balaban J connectivity index is 2.08. The fourth-order valence-electron chi connectivity index (χ4n) is 0.985. The van der Waals surface area contributed by atoms with Crippen LogP contribution in [0.2, 0.25) is 0 Å². The highest BCUT2D eigenvalue weighted by atomic mass is 79.9. The average Bonchev–Trinajstić information content (AvgIpc) is 1.79. The Labute approximate surface area is 69.5 Å². The molecule has 0 unspecified atom stereocenters. The first-order chi connectivity index (χ1) is 4.84. The summed E-state index contributed by atoms with van der Waals surface area (Å²) in [6.45, 7) is 0.759. The van der Waals surface area contributed by atoms with Gasteiger partial charge < -0.3 is 5.32 Å². The maximum atomic E-state index is 11.1. The molecule has 1 fully saturated rings. The van der Waals surface area contributed by atoms with Crippen molar-refractivity contribution in [3.8, 4) is 0 Å². The molecule has 0 spiro atoms. The largest absolute Gasteiger partial charge is 0.355 e. The van der Waals surface area contributed by atoms with E-state index in [4.69, 9.17) is 0 Å². The Bertz CT molecular complexity index is 123. The molecule has 1 aliphatic rings. The number of carbonyl (C=O) groups excluding carboxylic acids is 1. The van der Waals surface area contributed by atoms with Crippen LogP contribution >= 0.6 is 15.9 Å². The monoisotopic (exact) mass is 205 g/mol. The SMILES string of the molecule is O=C(NCCBr)C1CCC1. The van der Waals surface area contributed by atoms with Crippen LogP contribution in [0.5, 0.6) is 0 Å².